The van der Waals surface area contributed by atoms with Crippen LogP contribution in [0.4, 0.5) is 0 Å². The molecule has 1 atom stereocenters. The second-order valence-corrected chi connectivity index (χ2v) is 3.16. The van der Waals surface area contributed by atoms with Gasteiger partial charge in [0.2, 0.25) is 0 Å². The Morgan fingerprint density at radius 2 is 2.10 bits per heavy atom. The van der Waals surface area contributed by atoms with E-state index in [0.717, 1.165) is 6.42 Å². The Morgan fingerprint density at radius 1 is 1.60 bits per heavy atom. The first-order valence-corrected chi connectivity index (χ1v) is 3.74. The van der Waals surface area contributed by atoms with E-state index in [4.69, 9.17) is 4.74 Å². The molecule has 0 aromatic carbocycles. The average molecular weight is 142 g/mol. The molecule has 10 heavy (non-hydrogen) atoms. The molecule has 1 heteroatoms. The number of ether oxygens (including phenoxy) is 1. The van der Waals surface area contributed by atoms with Gasteiger partial charge in [-0.3, -0.25) is 0 Å². The van der Waals surface area contributed by atoms with Gasteiger partial charge in [0, 0.05) is 12.5 Å². The maximum absolute atomic E-state index is 5.28. The van der Waals surface area contributed by atoms with Crippen molar-refractivity contribution in [2.75, 3.05) is 7.11 Å². The van der Waals surface area contributed by atoms with E-state index in [1.54, 1.807) is 7.11 Å². The quantitative estimate of drug-likeness (QED) is 0.548. The Labute approximate surface area is 64.1 Å². The van der Waals surface area contributed by atoms with Crippen LogP contribution in [0.15, 0.2) is 12.7 Å². The van der Waals surface area contributed by atoms with E-state index in [-0.39, 0.29) is 5.41 Å². The van der Waals surface area contributed by atoms with Crippen molar-refractivity contribution in [3.05, 3.63) is 12.7 Å². The van der Waals surface area contributed by atoms with E-state index in [0.29, 0.717) is 6.10 Å². The van der Waals surface area contributed by atoms with Crippen molar-refractivity contribution in [2.45, 2.75) is 33.3 Å². The summed E-state index contributed by atoms with van der Waals surface area (Å²) in [4.78, 5) is 0. The SMILES string of the molecule is C=CC(C)(C)[C@@H](CC)OC. The van der Waals surface area contributed by atoms with Gasteiger partial charge in [-0.15, -0.1) is 6.58 Å². The lowest BCUT2D eigenvalue weighted by molar-refractivity contribution is 0.0290. The van der Waals surface area contributed by atoms with Crippen LogP contribution in [0.3, 0.4) is 0 Å². The van der Waals surface area contributed by atoms with Crippen molar-refractivity contribution in [2.24, 2.45) is 5.41 Å². The smallest absolute Gasteiger partial charge is 0.0653 e. The highest BCUT2D eigenvalue weighted by Crippen LogP contribution is 2.25. The zero-order chi connectivity index (χ0) is 8.20. The van der Waals surface area contributed by atoms with Crippen molar-refractivity contribution in [1.29, 1.82) is 0 Å². The third-order valence-electron chi connectivity index (χ3n) is 2.01. The lowest BCUT2D eigenvalue weighted by Crippen LogP contribution is -2.28. The normalized spacial score (nSPS) is 14.8. The third kappa shape index (κ3) is 2.14. The Morgan fingerprint density at radius 3 is 2.20 bits per heavy atom. The summed E-state index contributed by atoms with van der Waals surface area (Å²) < 4.78 is 5.28. The predicted octanol–water partition coefficient (Wildman–Crippen LogP) is 2.62. The van der Waals surface area contributed by atoms with Crippen molar-refractivity contribution in [3.63, 3.8) is 0 Å². The van der Waals surface area contributed by atoms with Gasteiger partial charge < -0.3 is 4.74 Å². The van der Waals surface area contributed by atoms with Crippen LogP contribution >= 0.6 is 0 Å². The van der Waals surface area contributed by atoms with Crippen molar-refractivity contribution >= 4 is 0 Å². The van der Waals surface area contributed by atoms with Gasteiger partial charge in [0.15, 0.2) is 0 Å². The monoisotopic (exact) mass is 142 g/mol. The fourth-order valence-corrected chi connectivity index (χ4v) is 1.13. The van der Waals surface area contributed by atoms with Crippen LogP contribution in [0.5, 0.6) is 0 Å². The standard InChI is InChI=1S/C9H18O/c1-6-8(10-5)9(3,4)7-2/h7-8H,2,6H2,1,3-5H3/t8-/m1/s1. The molecule has 0 saturated carbocycles. The Kier molecular flexibility index (Phi) is 3.66. The van der Waals surface area contributed by atoms with E-state index >= 15 is 0 Å². The molecule has 0 N–H and O–H groups in total. The zero-order valence-corrected chi connectivity index (χ0v) is 7.48. The highest BCUT2D eigenvalue weighted by molar-refractivity contribution is 4.93. The van der Waals surface area contributed by atoms with Crippen LogP contribution in [-0.4, -0.2) is 13.2 Å². The Hall–Kier alpha value is -0.300. The van der Waals surface area contributed by atoms with Crippen LogP contribution in [0.25, 0.3) is 0 Å². The van der Waals surface area contributed by atoms with Crippen LogP contribution in [0.1, 0.15) is 27.2 Å². The molecule has 0 aliphatic heterocycles. The lowest BCUT2D eigenvalue weighted by Gasteiger charge is -2.29. The molecule has 0 aliphatic carbocycles. The van der Waals surface area contributed by atoms with Crippen molar-refractivity contribution in [1.82, 2.24) is 0 Å². The maximum Gasteiger partial charge on any atom is 0.0653 e. The average Bonchev–Trinajstić information content (AvgIpc) is 1.90. The van der Waals surface area contributed by atoms with E-state index in [1.165, 1.54) is 0 Å². The number of hydrogen-bond acceptors (Lipinski definition) is 1. The summed E-state index contributed by atoms with van der Waals surface area (Å²) in [7, 11) is 1.75. The largest absolute Gasteiger partial charge is 0.381 e. The van der Waals surface area contributed by atoms with Crippen LogP contribution < -0.4 is 0 Å². The molecule has 0 amide bonds. The molecule has 0 aromatic rings. The lowest BCUT2D eigenvalue weighted by atomic mass is 9.85. The molecule has 0 spiro atoms. The first kappa shape index (κ1) is 9.70. The third-order valence-corrected chi connectivity index (χ3v) is 2.01. The van der Waals surface area contributed by atoms with Crippen LogP contribution in [0, 0.1) is 5.41 Å². The molecule has 0 heterocycles. The van der Waals surface area contributed by atoms with Gasteiger partial charge in [0.1, 0.15) is 0 Å². The van der Waals surface area contributed by atoms with E-state index in [1.807, 2.05) is 6.08 Å². The molecule has 0 saturated heterocycles. The highest BCUT2D eigenvalue weighted by Gasteiger charge is 2.23. The molecule has 60 valence electrons. The van der Waals surface area contributed by atoms with Crippen molar-refractivity contribution in [3.8, 4) is 0 Å². The van der Waals surface area contributed by atoms with Crippen molar-refractivity contribution < 1.29 is 4.74 Å². The molecule has 0 aromatic heterocycles. The van der Waals surface area contributed by atoms with Crippen LogP contribution in [-0.2, 0) is 4.74 Å². The number of methoxy groups -OCH3 is 1. The summed E-state index contributed by atoms with van der Waals surface area (Å²) in [6.07, 6.45) is 3.28. The topological polar surface area (TPSA) is 9.23 Å². The number of rotatable bonds is 4. The van der Waals surface area contributed by atoms with Gasteiger partial charge in [-0.25, -0.2) is 0 Å². The first-order chi connectivity index (χ1) is 4.58. The van der Waals surface area contributed by atoms with Gasteiger partial charge in [0.25, 0.3) is 0 Å². The summed E-state index contributed by atoms with van der Waals surface area (Å²) in [5.74, 6) is 0. The first-order valence-electron chi connectivity index (χ1n) is 3.74. The highest BCUT2D eigenvalue weighted by atomic mass is 16.5. The second kappa shape index (κ2) is 3.77. The summed E-state index contributed by atoms with van der Waals surface area (Å²) in [5.41, 5.74) is 0.101. The number of hydrogen-bond donors (Lipinski definition) is 0. The van der Waals surface area contributed by atoms with E-state index in [9.17, 15) is 0 Å². The molecular weight excluding hydrogens is 124 g/mol. The van der Waals surface area contributed by atoms with Gasteiger partial charge in [-0.05, 0) is 6.42 Å². The second-order valence-electron chi connectivity index (χ2n) is 3.16. The minimum absolute atomic E-state index is 0.101. The fraction of sp³-hybridized carbons (Fsp3) is 0.778. The summed E-state index contributed by atoms with van der Waals surface area (Å²) >= 11 is 0. The van der Waals surface area contributed by atoms with Gasteiger partial charge in [0.05, 0.1) is 6.10 Å². The molecule has 0 aliphatic rings. The Balaban J connectivity index is 4.10. The fourth-order valence-electron chi connectivity index (χ4n) is 1.13. The van der Waals surface area contributed by atoms with E-state index in [2.05, 4.69) is 27.4 Å². The Bertz CT molecular complexity index is 101. The molecular formula is C9H18O. The molecule has 1 nitrogen and oxygen atoms in total. The summed E-state index contributed by atoms with van der Waals surface area (Å²) in [6, 6.07) is 0. The zero-order valence-electron chi connectivity index (χ0n) is 7.48. The maximum atomic E-state index is 5.28. The van der Waals surface area contributed by atoms with Crippen LogP contribution in [0.2, 0.25) is 0 Å². The molecule has 0 radical (unpaired) electrons. The molecule has 0 rings (SSSR count). The van der Waals surface area contributed by atoms with E-state index < -0.39 is 0 Å². The minimum atomic E-state index is 0.101. The van der Waals surface area contributed by atoms with Gasteiger partial charge >= 0.3 is 0 Å². The predicted molar refractivity (Wildman–Crippen MR) is 45.1 cm³/mol. The molecule has 0 bridgehead atoms. The van der Waals surface area contributed by atoms with Gasteiger partial charge in [-0.1, -0.05) is 26.8 Å². The minimum Gasteiger partial charge on any atom is -0.381 e. The summed E-state index contributed by atoms with van der Waals surface area (Å²) in [5, 5.41) is 0. The summed E-state index contributed by atoms with van der Waals surface area (Å²) in [6.45, 7) is 10.2. The molecule has 0 unspecified atom stereocenters. The van der Waals surface area contributed by atoms with Gasteiger partial charge in [-0.2, -0.15) is 0 Å². The molecule has 0 fully saturated rings.